The number of ether oxygens (including phenoxy) is 4. The van der Waals surface area contributed by atoms with Crippen LogP contribution in [0.3, 0.4) is 0 Å². The fraction of sp³-hybridized carbons (Fsp3) is 0.282. The van der Waals surface area contributed by atoms with E-state index in [0.717, 1.165) is 31.2 Å². The third-order valence-electron chi connectivity index (χ3n) is 8.45. The van der Waals surface area contributed by atoms with Crippen LogP contribution in [-0.2, 0) is 45.8 Å². The van der Waals surface area contributed by atoms with Crippen molar-refractivity contribution in [3.05, 3.63) is 116 Å². The van der Waals surface area contributed by atoms with Crippen molar-refractivity contribution in [1.29, 1.82) is 0 Å². The van der Waals surface area contributed by atoms with E-state index in [1.807, 2.05) is 25.1 Å². The second kappa shape index (κ2) is 20.8. The Morgan fingerprint density at radius 2 is 1.59 bits per heavy atom. The summed E-state index contributed by atoms with van der Waals surface area (Å²) < 4.78 is 88.0. The van der Waals surface area contributed by atoms with E-state index >= 15 is 0 Å². The molecular formula is C39H41F3N8O12S. The molecule has 5 rings (SSSR count). The molecule has 2 amide bonds. The van der Waals surface area contributed by atoms with Crippen LogP contribution in [0.25, 0.3) is 5.69 Å². The van der Waals surface area contributed by atoms with Crippen LogP contribution in [0, 0.1) is 0 Å². The average Bonchev–Trinajstić information content (AvgIpc) is 3.24. The summed E-state index contributed by atoms with van der Waals surface area (Å²) in [6.07, 6.45) is -4.91. The molecule has 0 aliphatic carbocycles. The van der Waals surface area contributed by atoms with Gasteiger partial charge in [-0.25, -0.2) is 36.9 Å². The van der Waals surface area contributed by atoms with Crippen molar-refractivity contribution in [2.24, 2.45) is 7.05 Å². The third-order valence-corrected chi connectivity index (χ3v) is 9.84. The Hall–Kier alpha value is -7.50. The van der Waals surface area contributed by atoms with E-state index in [1.54, 1.807) is 18.6 Å². The molecule has 24 heteroatoms. The lowest BCUT2D eigenvalue weighted by Gasteiger charge is -2.17. The molecule has 2 heterocycles. The van der Waals surface area contributed by atoms with Gasteiger partial charge >= 0.3 is 35.8 Å². The monoisotopic (exact) mass is 902 g/mol. The lowest BCUT2D eigenvalue weighted by atomic mass is 10.1. The van der Waals surface area contributed by atoms with E-state index < -0.39 is 67.7 Å². The van der Waals surface area contributed by atoms with Gasteiger partial charge in [-0.3, -0.25) is 14.7 Å². The van der Waals surface area contributed by atoms with E-state index in [0.29, 0.717) is 32.3 Å². The molecule has 336 valence electrons. The number of carbonyl (C=O) groups excluding carboxylic acids is 2. The summed E-state index contributed by atoms with van der Waals surface area (Å²) >= 11 is 0. The Kier molecular flexibility index (Phi) is 15.9. The number of methoxy groups -OCH3 is 1. The highest BCUT2D eigenvalue weighted by Gasteiger charge is 2.35. The van der Waals surface area contributed by atoms with Crippen LogP contribution in [0.2, 0.25) is 0 Å². The number of hydrogen-bond acceptors (Lipinski definition) is 15. The summed E-state index contributed by atoms with van der Waals surface area (Å²) in [7, 11) is -0.704. The van der Waals surface area contributed by atoms with Gasteiger partial charge in [0.2, 0.25) is 11.9 Å². The van der Waals surface area contributed by atoms with Gasteiger partial charge in [0.15, 0.2) is 6.10 Å². The summed E-state index contributed by atoms with van der Waals surface area (Å²) in [5.41, 5.74) is -2.28. The molecular weight excluding hydrogens is 862 g/mol. The summed E-state index contributed by atoms with van der Waals surface area (Å²) in [5.74, 6) is -1.32. The molecule has 0 aliphatic heterocycles. The minimum Gasteiger partial charge on any atom is -0.489 e. The number of nitrogens with one attached hydrogen (secondary N) is 3. The van der Waals surface area contributed by atoms with Gasteiger partial charge < -0.3 is 29.4 Å². The van der Waals surface area contributed by atoms with E-state index in [9.17, 15) is 45.6 Å². The lowest BCUT2D eigenvalue weighted by molar-refractivity contribution is -0.148. The van der Waals surface area contributed by atoms with E-state index in [-0.39, 0.29) is 36.8 Å². The molecule has 4 N–H and O–H groups in total. The number of anilines is 2. The summed E-state index contributed by atoms with van der Waals surface area (Å²) in [4.78, 5) is 70.7. The van der Waals surface area contributed by atoms with Crippen LogP contribution in [0.4, 0.5) is 29.9 Å². The highest BCUT2D eigenvalue weighted by molar-refractivity contribution is 7.90. The molecule has 3 aromatic carbocycles. The normalized spacial score (nSPS) is 11.6. The molecule has 1 atom stereocenters. The van der Waals surface area contributed by atoms with Gasteiger partial charge in [-0.1, -0.05) is 31.2 Å². The lowest BCUT2D eigenvalue weighted by Crippen LogP contribution is -2.40. The average molecular weight is 903 g/mol. The predicted molar refractivity (Wildman–Crippen MR) is 218 cm³/mol. The first-order valence-electron chi connectivity index (χ1n) is 18.4. The Morgan fingerprint density at radius 1 is 0.921 bits per heavy atom. The number of aromatic nitrogens is 5. The van der Waals surface area contributed by atoms with Crippen LogP contribution in [0.5, 0.6) is 17.5 Å². The number of urea groups is 1. The fourth-order valence-corrected chi connectivity index (χ4v) is 6.45. The van der Waals surface area contributed by atoms with Gasteiger partial charge in [0, 0.05) is 25.7 Å². The number of aryl methyl sites for hydroxylation is 1. The zero-order valence-corrected chi connectivity index (χ0v) is 35.2. The molecule has 0 aliphatic rings. The van der Waals surface area contributed by atoms with E-state index in [2.05, 4.69) is 25.6 Å². The van der Waals surface area contributed by atoms with E-state index in [1.165, 1.54) is 50.6 Å². The maximum Gasteiger partial charge on any atom is 0.431 e. The van der Waals surface area contributed by atoms with Crippen molar-refractivity contribution in [2.75, 3.05) is 31.4 Å². The molecule has 5 aromatic rings. The number of nitrogens with zero attached hydrogens (tertiary/aromatic N) is 5. The standard InChI is InChI=1S/C25H25F3N2O6.C14H16N6O6S/c1-5-16-6-7-17(20(12-16)36-15(2)23(32)34-4)14-35-19-10-8-18(9-11-19)30-22(31)13-21(25(26,27)28)29(3)24(30)33;1-3-26-14-18-11(15-2)16-12(19-14)17-13(23)20-27(24,25)9-7-5-4-6-8(9)10(21)22/h6-13,15H,5,14H2,1-4H3;4-7H,3H2,1-2H3,(H,21,22)(H3,15,16,17,18,19,20,23). The third kappa shape index (κ3) is 12.5. The Bertz CT molecular complexity index is 2690. The molecule has 20 nitrogen and oxygen atoms in total. The number of hydrogen-bond donors (Lipinski definition) is 4. The van der Waals surface area contributed by atoms with Crippen LogP contribution in [0.15, 0.2) is 87.3 Å². The smallest absolute Gasteiger partial charge is 0.431 e. The number of aromatic carboxylic acids is 1. The first-order chi connectivity index (χ1) is 29.7. The molecule has 0 saturated heterocycles. The molecule has 63 heavy (non-hydrogen) atoms. The topological polar surface area (TPSA) is 261 Å². The second-order valence-corrected chi connectivity index (χ2v) is 14.4. The number of carboxylic acid groups (broad SMARTS) is 1. The van der Waals surface area contributed by atoms with Crippen molar-refractivity contribution >= 4 is 39.9 Å². The molecule has 1 unspecified atom stereocenters. The van der Waals surface area contributed by atoms with Gasteiger partial charge in [-0.15, -0.1) is 0 Å². The van der Waals surface area contributed by atoms with Crippen molar-refractivity contribution in [2.45, 2.75) is 51.0 Å². The largest absolute Gasteiger partial charge is 0.489 e. The molecule has 0 fully saturated rings. The number of amides is 2. The molecule has 0 spiro atoms. The van der Waals surface area contributed by atoms with E-state index in [4.69, 9.17) is 24.1 Å². The van der Waals surface area contributed by atoms with Gasteiger partial charge in [0.05, 0.1) is 25.0 Å². The predicted octanol–water partition coefficient (Wildman–Crippen LogP) is 4.16. The fourth-order valence-electron chi connectivity index (χ4n) is 5.34. The molecule has 2 aromatic heterocycles. The molecule has 0 radical (unpaired) electrons. The Morgan fingerprint density at radius 3 is 2.19 bits per heavy atom. The number of halogens is 3. The number of benzene rings is 3. The number of rotatable bonds is 15. The summed E-state index contributed by atoms with van der Waals surface area (Å²) in [6.45, 7) is 5.60. The van der Waals surface area contributed by atoms with Crippen molar-refractivity contribution in [1.82, 2.24) is 28.8 Å². The molecule has 0 bridgehead atoms. The second-order valence-electron chi connectivity index (χ2n) is 12.7. The number of carbonyl (C=O) groups is 3. The minimum absolute atomic E-state index is 0.0776. The maximum absolute atomic E-state index is 13.1. The number of alkyl halides is 3. The highest BCUT2D eigenvalue weighted by atomic mass is 32.2. The van der Waals surface area contributed by atoms with Crippen molar-refractivity contribution in [3.8, 4) is 23.2 Å². The van der Waals surface area contributed by atoms with Gasteiger partial charge in [-0.05, 0) is 68.3 Å². The number of esters is 1. The van der Waals surface area contributed by atoms with Crippen LogP contribution in [-0.4, -0.2) is 82.4 Å². The minimum atomic E-state index is -4.84. The number of sulfonamides is 1. The molecule has 0 saturated carbocycles. The quantitative estimate of drug-likeness (QED) is 0.108. The maximum atomic E-state index is 13.1. The van der Waals surface area contributed by atoms with Gasteiger partial charge in [0.25, 0.3) is 15.6 Å². The summed E-state index contributed by atoms with van der Waals surface area (Å²) in [6, 6.07) is 15.3. The first-order valence-corrected chi connectivity index (χ1v) is 19.9. The Labute approximate surface area is 356 Å². The highest BCUT2D eigenvalue weighted by Crippen LogP contribution is 2.28. The van der Waals surface area contributed by atoms with Crippen molar-refractivity contribution < 1.29 is 60.0 Å². The zero-order chi connectivity index (χ0) is 46.6. The van der Waals surface area contributed by atoms with Crippen LogP contribution < -0.4 is 40.8 Å². The Balaban J connectivity index is 0.000000288. The van der Waals surface area contributed by atoms with Gasteiger partial charge in [-0.2, -0.15) is 28.1 Å². The number of carboxylic acids is 1. The van der Waals surface area contributed by atoms with Crippen molar-refractivity contribution in [3.63, 3.8) is 0 Å². The first kappa shape index (κ1) is 48.2. The van der Waals surface area contributed by atoms with Crippen LogP contribution in [0.1, 0.15) is 48.0 Å². The van der Waals surface area contributed by atoms with Gasteiger partial charge in [0.1, 0.15) is 28.7 Å². The van der Waals surface area contributed by atoms with Crippen LogP contribution >= 0.6 is 0 Å². The summed E-state index contributed by atoms with van der Waals surface area (Å²) in [5, 5.41) is 13.9. The SMILES string of the molecule is CCOc1nc(NC)nc(NC(=O)NS(=O)(=O)c2ccccc2C(=O)O)n1.CCc1ccc(COc2ccc(-n3c(=O)cc(C(F)(F)F)n(C)c3=O)cc2)c(OC(C)C(=O)OC)c1. The zero-order valence-electron chi connectivity index (χ0n) is 34.3.